The van der Waals surface area contributed by atoms with E-state index in [0.29, 0.717) is 0 Å². The molecular formula is C27H36N4O3. The van der Waals surface area contributed by atoms with E-state index in [1.807, 2.05) is 30.3 Å². The van der Waals surface area contributed by atoms with Gasteiger partial charge in [-0.05, 0) is 75.2 Å². The predicted molar refractivity (Wildman–Crippen MR) is 133 cm³/mol. The number of carbonyl (C=O) groups is 2. The number of benzene rings is 1. The van der Waals surface area contributed by atoms with Crippen LogP contribution in [0, 0.1) is 5.92 Å². The van der Waals surface area contributed by atoms with Crippen LogP contribution in [0.4, 0.5) is 5.82 Å². The molecule has 7 heteroatoms. The standard InChI is InChI=1S/C27H36N4O3/c32-25(33)18-24(20-8-2-1-3-9-20)30-27(34)22-11-7-17-31(19-22)16-5-4-12-23-14-13-21-10-6-15-28-26(21)29-23/h1-3,8-9,13-14,22,24H,4-7,10-12,15-19H2,(H,28,29)(H,30,34)(H,32,33)/t22-,24?/m1/s1. The van der Waals surface area contributed by atoms with Crippen molar-refractivity contribution in [1.82, 2.24) is 15.2 Å². The lowest BCUT2D eigenvalue weighted by Gasteiger charge is -2.33. The molecule has 182 valence electrons. The van der Waals surface area contributed by atoms with Crippen LogP contribution in [0.2, 0.25) is 0 Å². The topological polar surface area (TPSA) is 94.6 Å². The predicted octanol–water partition coefficient (Wildman–Crippen LogP) is 3.81. The number of unbranched alkanes of at least 4 members (excludes halogenated alkanes) is 1. The third-order valence-electron chi connectivity index (χ3n) is 6.88. The summed E-state index contributed by atoms with van der Waals surface area (Å²) in [6, 6.07) is 13.2. The van der Waals surface area contributed by atoms with Gasteiger partial charge in [-0.15, -0.1) is 0 Å². The highest BCUT2D eigenvalue weighted by Gasteiger charge is 2.28. The molecule has 1 saturated heterocycles. The van der Waals surface area contributed by atoms with Crippen molar-refractivity contribution in [1.29, 1.82) is 0 Å². The van der Waals surface area contributed by atoms with Crippen molar-refractivity contribution < 1.29 is 14.7 Å². The molecule has 0 spiro atoms. The van der Waals surface area contributed by atoms with Crippen molar-refractivity contribution in [3.63, 3.8) is 0 Å². The van der Waals surface area contributed by atoms with Gasteiger partial charge < -0.3 is 20.6 Å². The highest BCUT2D eigenvalue weighted by molar-refractivity contribution is 5.80. The molecule has 7 nitrogen and oxygen atoms in total. The van der Waals surface area contributed by atoms with Crippen molar-refractivity contribution >= 4 is 17.7 Å². The summed E-state index contributed by atoms with van der Waals surface area (Å²) in [5, 5.41) is 15.7. The van der Waals surface area contributed by atoms with E-state index in [1.54, 1.807) is 0 Å². The normalized spacial score (nSPS) is 19.0. The lowest BCUT2D eigenvalue weighted by atomic mass is 9.95. The molecule has 2 aliphatic heterocycles. The third-order valence-corrected chi connectivity index (χ3v) is 6.88. The van der Waals surface area contributed by atoms with Crippen molar-refractivity contribution in [3.8, 4) is 0 Å². The number of likely N-dealkylation sites (tertiary alicyclic amines) is 1. The SMILES string of the molecule is O=C(O)CC(NC(=O)[C@@H]1CCCN(CCCCc2ccc3c(n2)NCCC3)C1)c1ccccc1. The Morgan fingerprint density at radius 3 is 2.82 bits per heavy atom. The first-order valence-corrected chi connectivity index (χ1v) is 12.6. The van der Waals surface area contributed by atoms with E-state index in [0.717, 1.165) is 81.8 Å². The van der Waals surface area contributed by atoms with Gasteiger partial charge in [0.05, 0.1) is 18.4 Å². The molecule has 2 aromatic rings. The summed E-state index contributed by atoms with van der Waals surface area (Å²) in [5.41, 5.74) is 3.30. The lowest BCUT2D eigenvalue weighted by molar-refractivity contribution is -0.138. The first-order valence-electron chi connectivity index (χ1n) is 12.6. The van der Waals surface area contributed by atoms with Crippen LogP contribution in [0.1, 0.15) is 61.4 Å². The van der Waals surface area contributed by atoms with Gasteiger partial charge in [-0.2, -0.15) is 0 Å². The minimum atomic E-state index is -0.913. The minimum absolute atomic E-state index is 0.0365. The molecule has 1 aromatic carbocycles. The maximum atomic E-state index is 13.0. The molecule has 0 radical (unpaired) electrons. The molecule has 0 saturated carbocycles. The number of carboxylic acids is 1. The number of nitrogens with zero attached hydrogens (tertiary/aromatic N) is 2. The summed E-state index contributed by atoms with van der Waals surface area (Å²) in [7, 11) is 0. The maximum Gasteiger partial charge on any atom is 0.305 e. The molecule has 34 heavy (non-hydrogen) atoms. The Balaban J connectivity index is 1.23. The van der Waals surface area contributed by atoms with Crippen molar-refractivity contribution in [3.05, 3.63) is 59.3 Å². The molecule has 2 aliphatic rings. The quantitative estimate of drug-likeness (QED) is 0.463. The molecule has 3 heterocycles. The zero-order chi connectivity index (χ0) is 23.8. The van der Waals surface area contributed by atoms with Crippen LogP contribution >= 0.6 is 0 Å². The number of rotatable bonds is 10. The second-order valence-corrected chi connectivity index (χ2v) is 9.51. The molecule has 3 N–H and O–H groups in total. The number of pyridine rings is 1. The van der Waals surface area contributed by atoms with Gasteiger partial charge in [0.15, 0.2) is 0 Å². The van der Waals surface area contributed by atoms with Crippen LogP contribution in [0.5, 0.6) is 0 Å². The fourth-order valence-corrected chi connectivity index (χ4v) is 5.02. The number of amides is 1. The average Bonchev–Trinajstić information content (AvgIpc) is 2.86. The van der Waals surface area contributed by atoms with Crippen LogP contribution in [0.3, 0.4) is 0 Å². The summed E-state index contributed by atoms with van der Waals surface area (Å²) in [6.07, 6.45) is 7.14. The van der Waals surface area contributed by atoms with Gasteiger partial charge in [0.2, 0.25) is 5.91 Å². The van der Waals surface area contributed by atoms with E-state index in [1.165, 1.54) is 12.0 Å². The zero-order valence-electron chi connectivity index (χ0n) is 19.8. The minimum Gasteiger partial charge on any atom is -0.481 e. The summed E-state index contributed by atoms with van der Waals surface area (Å²) >= 11 is 0. The van der Waals surface area contributed by atoms with Crippen LogP contribution in [0.25, 0.3) is 0 Å². The third kappa shape index (κ3) is 6.79. The number of aromatic nitrogens is 1. The second-order valence-electron chi connectivity index (χ2n) is 9.51. The van der Waals surface area contributed by atoms with Crippen LogP contribution < -0.4 is 10.6 Å². The van der Waals surface area contributed by atoms with Crippen molar-refractivity contribution in [2.45, 2.75) is 57.4 Å². The summed E-state index contributed by atoms with van der Waals surface area (Å²) in [4.78, 5) is 31.5. The van der Waals surface area contributed by atoms with E-state index in [4.69, 9.17) is 4.98 Å². The van der Waals surface area contributed by atoms with Crippen molar-refractivity contribution in [2.75, 3.05) is 31.5 Å². The number of hydrogen-bond acceptors (Lipinski definition) is 5. The van der Waals surface area contributed by atoms with E-state index >= 15 is 0 Å². The highest BCUT2D eigenvalue weighted by atomic mass is 16.4. The smallest absolute Gasteiger partial charge is 0.305 e. The van der Waals surface area contributed by atoms with E-state index in [2.05, 4.69) is 27.7 Å². The molecule has 1 aromatic heterocycles. The van der Waals surface area contributed by atoms with E-state index in [-0.39, 0.29) is 18.2 Å². The van der Waals surface area contributed by atoms with Gasteiger partial charge in [0, 0.05) is 18.8 Å². The van der Waals surface area contributed by atoms with Gasteiger partial charge in [-0.1, -0.05) is 36.4 Å². The Bertz CT molecular complexity index is 966. The van der Waals surface area contributed by atoms with Gasteiger partial charge in [0.25, 0.3) is 0 Å². The number of aliphatic carboxylic acids is 1. The number of carbonyl (C=O) groups excluding carboxylic acids is 1. The fourth-order valence-electron chi connectivity index (χ4n) is 5.02. The molecule has 1 amide bonds. The Morgan fingerprint density at radius 2 is 2.00 bits per heavy atom. The summed E-state index contributed by atoms with van der Waals surface area (Å²) < 4.78 is 0. The number of piperidine rings is 1. The Hall–Kier alpha value is -2.93. The van der Waals surface area contributed by atoms with Crippen LogP contribution in [-0.4, -0.2) is 53.0 Å². The number of carboxylic acid groups (broad SMARTS) is 1. The first-order chi connectivity index (χ1) is 16.6. The van der Waals surface area contributed by atoms with Gasteiger partial charge >= 0.3 is 5.97 Å². The monoisotopic (exact) mass is 464 g/mol. The highest BCUT2D eigenvalue weighted by Crippen LogP contribution is 2.23. The van der Waals surface area contributed by atoms with Gasteiger partial charge in [-0.3, -0.25) is 9.59 Å². The van der Waals surface area contributed by atoms with Crippen molar-refractivity contribution in [2.24, 2.45) is 5.92 Å². The molecule has 4 rings (SSSR count). The van der Waals surface area contributed by atoms with E-state index in [9.17, 15) is 14.7 Å². The molecule has 0 bridgehead atoms. The number of hydrogen-bond donors (Lipinski definition) is 3. The summed E-state index contributed by atoms with van der Waals surface area (Å²) in [6.45, 7) is 3.74. The maximum absolute atomic E-state index is 13.0. The first kappa shape index (κ1) is 24.2. The molecule has 1 fully saturated rings. The number of nitrogens with one attached hydrogen (secondary N) is 2. The molecule has 2 atom stereocenters. The molecule has 0 aliphatic carbocycles. The Kier molecular flexibility index (Phi) is 8.52. The second kappa shape index (κ2) is 12.0. The number of aryl methyl sites for hydroxylation is 2. The van der Waals surface area contributed by atoms with E-state index < -0.39 is 12.0 Å². The zero-order valence-corrected chi connectivity index (χ0v) is 19.8. The molecule has 1 unspecified atom stereocenters. The van der Waals surface area contributed by atoms with Gasteiger partial charge in [-0.25, -0.2) is 4.98 Å². The number of fused-ring (bicyclic) bond motifs is 1. The Labute approximate surface area is 202 Å². The average molecular weight is 465 g/mol. The van der Waals surface area contributed by atoms with Gasteiger partial charge in [0.1, 0.15) is 5.82 Å². The Morgan fingerprint density at radius 1 is 1.15 bits per heavy atom. The van der Waals surface area contributed by atoms with Crippen LogP contribution in [-0.2, 0) is 22.4 Å². The largest absolute Gasteiger partial charge is 0.481 e. The fraction of sp³-hybridized carbons (Fsp3) is 0.519. The lowest BCUT2D eigenvalue weighted by Crippen LogP contribution is -2.44. The molecular weight excluding hydrogens is 428 g/mol. The summed E-state index contributed by atoms with van der Waals surface area (Å²) in [5.74, 6) is 0.0154. The van der Waals surface area contributed by atoms with Crippen LogP contribution in [0.15, 0.2) is 42.5 Å². The number of anilines is 1.